The lowest BCUT2D eigenvalue weighted by Crippen LogP contribution is -2.42. The molecule has 2 amide bonds. The largest absolute Gasteiger partial charge is 0.383 e. The third-order valence-corrected chi connectivity index (χ3v) is 3.03. The highest BCUT2D eigenvalue weighted by Gasteiger charge is 2.28. The van der Waals surface area contributed by atoms with E-state index in [2.05, 4.69) is 10.4 Å². The van der Waals surface area contributed by atoms with Crippen LogP contribution in [-0.2, 0) is 20.9 Å². The predicted molar refractivity (Wildman–Crippen MR) is 68.7 cm³/mol. The first-order valence-electron chi connectivity index (χ1n) is 6.24. The van der Waals surface area contributed by atoms with E-state index in [4.69, 9.17) is 4.74 Å². The summed E-state index contributed by atoms with van der Waals surface area (Å²) in [6.07, 6.45) is 3.73. The van der Waals surface area contributed by atoms with Crippen LogP contribution in [0.3, 0.4) is 0 Å². The average Bonchev–Trinajstić information content (AvgIpc) is 2.80. The molecule has 0 bridgehead atoms. The van der Waals surface area contributed by atoms with Gasteiger partial charge < -0.3 is 15.0 Å². The minimum Gasteiger partial charge on any atom is -0.383 e. The fourth-order valence-electron chi connectivity index (χ4n) is 1.99. The van der Waals surface area contributed by atoms with Crippen molar-refractivity contribution in [2.45, 2.75) is 25.9 Å². The van der Waals surface area contributed by atoms with E-state index in [-0.39, 0.29) is 11.8 Å². The zero-order chi connectivity index (χ0) is 13.8. The molecule has 1 unspecified atom stereocenters. The van der Waals surface area contributed by atoms with Crippen LogP contribution in [0.25, 0.3) is 0 Å². The number of anilines is 1. The van der Waals surface area contributed by atoms with Gasteiger partial charge in [-0.05, 0) is 6.92 Å². The topological polar surface area (TPSA) is 76.5 Å². The third-order valence-electron chi connectivity index (χ3n) is 3.03. The van der Waals surface area contributed by atoms with E-state index in [1.807, 2.05) is 0 Å². The molecule has 0 aliphatic carbocycles. The van der Waals surface area contributed by atoms with E-state index in [1.54, 1.807) is 36.0 Å². The highest BCUT2D eigenvalue weighted by molar-refractivity contribution is 6.00. The Morgan fingerprint density at radius 1 is 1.53 bits per heavy atom. The van der Waals surface area contributed by atoms with Gasteiger partial charge in [0.2, 0.25) is 11.8 Å². The summed E-state index contributed by atoms with van der Waals surface area (Å²) in [6, 6.07) is -0.502. The van der Waals surface area contributed by atoms with Crippen LogP contribution >= 0.6 is 0 Å². The summed E-state index contributed by atoms with van der Waals surface area (Å²) in [7, 11) is 1.63. The summed E-state index contributed by atoms with van der Waals surface area (Å²) < 4.78 is 6.70. The normalized spacial score (nSPS) is 20.3. The summed E-state index contributed by atoms with van der Waals surface area (Å²) >= 11 is 0. The first-order chi connectivity index (χ1) is 9.11. The summed E-state index contributed by atoms with van der Waals surface area (Å²) in [4.78, 5) is 25.2. The van der Waals surface area contributed by atoms with E-state index < -0.39 is 6.04 Å². The number of carbonyl (C=O) groups is 2. The van der Waals surface area contributed by atoms with Crippen molar-refractivity contribution in [3.8, 4) is 0 Å². The van der Waals surface area contributed by atoms with Crippen molar-refractivity contribution >= 4 is 17.5 Å². The zero-order valence-electron chi connectivity index (χ0n) is 11.1. The van der Waals surface area contributed by atoms with E-state index in [1.165, 1.54) is 0 Å². The summed E-state index contributed by atoms with van der Waals surface area (Å²) in [6.45, 7) is 3.26. The lowest BCUT2D eigenvalue weighted by atomic mass is 10.3. The molecule has 0 radical (unpaired) electrons. The Labute approximate surface area is 111 Å². The maximum atomic E-state index is 12.2. The Hall–Kier alpha value is -1.89. The minimum absolute atomic E-state index is 0.102. The second-order valence-electron chi connectivity index (χ2n) is 4.48. The molecule has 1 atom stereocenters. The standard InChI is InChI=1S/C12H18N4O3/c1-9-12(18)16(4-3-11(17)14-9)10-7-13-15(8-10)5-6-19-2/h7-9H,3-6H2,1-2H3,(H,14,17). The van der Waals surface area contributed by atoms with Crippen LogP contribution < -0.4 is 10.2 Å². The number of aromatic nitrogens is 2. The molecule has 104 valence electrons. The smallest absolute Gasteiger partial charge is 0.249 e. The van der Waals surface area contributed by atoms with E-state index in [0.29, 0.717) is 31.8 Å². The monoisotopic (exact) mass is 266 g/mol. The van der Waals surface area contributed by atoms with E-state index in [9.17, 15) is 9.59 Å². The molecule has 7 heteroatoms. The van der Waals surface area contributed by atoms with Gasteiger partial charge in [-0.2, -0.15) is 5.10 Å². The van der Waals surface area contributed by atoms with Gasteiger partial charge in [-0.3, -0.25) is 14.3 Å². The van der Waals surface area contributed by atoms with Crippen LogP contribution in [0.1, 0.15) is 13.3 Å². The first kappa shape index (κ1) is 13.5. The van der Waals surface area contributed by atoms with Gasteiger partial charge in [0.15, 0.2) is 0 Å². The van der Waals surface area contributed by atoms with Gasteiger partial charge in [0.05, 0.1) is 25.0 Å². The number of ether oxygens (including phenoxy) is 1. The molecule has 1 saturated heterocycles. The quantitative estimate of drug-likeness (QED) is 0.817. The van der Waals surface area contributed by atoms with Crippen molar-refractivity contribution in [1.82, 2.24) is 15.1 Å². The molecule has 1 fully saturated rings. The molecular formula is C12H18N4O3. The molecule has 0 aromatic carbocycles. The number of nitrogens with zero attached hydrogens (tertiary/aromatic N) is 3. The van der Waals surface area contributed by atoms with Gasteiger partial charge >= 0.3 is 0 Å². The van der Waals surface area contributed by atoms with E-state index in [0.717, 1.165) is 0 Å². The molecule has 0 saturated carbocycles. The third kappa shape index (κ3) is 3.11. The molecule has 1 aliphatic heterocycles. The minimum atomic E-state index is -0.502. The molecule has 2 heterocycles. The molecule has 1 aliphatic rings. The van der Waals surface area contributed by atoms with Crippen molar-refractivity contribution in [3.05, 3.63) is 12.4 Å². The first-order valence-corrected chi connectivity index (χ1v) is 6.24. The van der Waals surface area contributed by atoms with Gasteiger partial charge in [-0.15, -0.1) is 0 Å². The second kappa shape index (κ2) is 5.83. The summed E-state index contributed by atoms with van der Waals surface area (Å²) in [5.41, 5.74) is 0.712. The average molecular weight is 266 g/mol. The number of carbonyl (C=O) groups excluding carboxylic acids is 2. The van der Waals surface area contributed by atoms with Crippen molar-refractivity contribution in [3.63, 3.8) is 0 Å². The second-order valence-corrected chi connectivity index (χ2v) is 4.48. The van der Waals surface area contributed by atoms with Crippen LogP contribution in [-0.4, -0.2) is 47.9 Å². The number of hydrogen-bond acceptors (Lipinski definition) is 4. The van der Waals surface area contributed by atoms with Gasteiger partial charge in [0.1, 0.15) is 6.04 Å². The molecule has 0 spiro atoms. The Balaban J connectivity index is 2.12. The molecule has 2 rings (SSSR count). The Morgan fingerprint density at radius 2 is 2.32 bits per heavy atom. The van der Waals surface area contributed by atoms with Gasteiger partial charge in [0, 0.05) is 26.3 Å². The summed E-state index contributed by atoms with van der Waals surface area (Å²) in [5.74, 6) is -0.215. The summed E-state index contributed by atoms with van der Waals surface area (Å²) in [5, 5.41) is 6.83. The lowest BCUT2D eigenvalue weighted by Gasteiger charge is -2.20. The van der Waals surface area contributed by atoms with Crippen LogP contribution in [0.4, 0.5) is 5.69 Å². The molecule has 1 N–H and O–H groups in total. The molecule has 1 aromatic heterocycles. The molecule has 7 nitrogen and oxygen atoms in total. The SMILES string of the molecule is COCCn1cc(N2CCC(=O)NC(C)C2=O)cn1. The van der Waals surface area contributed by atoms with Crippen molar-refractivity contribution < 1.29 is 14.3 Å². The van der Waals surface area contributed by atoms with Gasteiger partial charge in [-0.25, -0.2) is 0 Å². The number of hydrogen-bond donors (Lipinski definition) is 1. The Kier molecular flexibility index (Phi) is 4.16. The Morgan fingerprint density at radius 3 is 3.05 bits per heavy atom. The van der Waals surface area contributed by atoms with Gasteiger partial charge in [0.25, 0.3) is 0 Å². The fraction of sp³-hybridized carbons (Fsp3) is 0.583. The molecular weight excluding hydrogens is 248 g/mol. The number of rotatable bonds is 4. The highest BCUT2D eigenvalue weighted by Crippen LogP contribution is 2.16. The zero-order valence-corrected chi connectivity index (χ0v) is 11.1. The Bertz CT molecular complexity index is 471. The predicted octanol–water partition coefficient (Wildman–Crippen LogP) is -0.229. The van der Waals surface area contributed by atoms with Crippen molar-refractivity contribution in [2.75, 3.05) is 25.2 Å². The van der Waals surface area contributed by atoms with Crippen molar-refractivity contribution in [1.29, 1.82) is 0 Å². The van der Waals surface area contributed by atoms with Crippen LogP contribution in [0.2, 0.25) is 0 Å². The van der Waals surface area contributed by atoms with Crippen molar-refractivity contribution in [2.24, 2.45) is 0 Å². The fourth-order valence-corrected chi connectivity index (χ4v) is 1.99. The highest BCUT2D eigenvalue weighted by atomic mass is 16.5. The van der Waals surface area contributed by atoms with Crippen LogP contribution in [0.5, 0.6) is 0 Å². The molecule has 1 aromatic rings. The van der Waals surface area contributed by atoms with E-state index >= 15 is 0 Å². The molecule has 19 heavy (non-hydrogen) atoms. The van der Waals surface area contributed by atoms with Gasteiger partial charge in [-0.1, -0.05) is 0 Å². The maximum absolute atomic E-state index is 12.2. The van der Waals surface area contributed by atoms with Crippen LogP contribution in [0, 0.1) is 0 Å². The number of methoxy groups -OCH3 is 1. The number of amides is 2. The lowest BCUT2D eigenvalue weighted by molar-refractivity contribution is -0.125. The number of nitrogens with one attached hydrogen (secondary N) is 1. The van der Waals surface area contributed by atoms with Crippen LogP contribution in [0.15, 0.2) is 12.4 Å². The maximum Gasteiger partial charge on any atom is 0.249 e.